The van der Waals surface area contributed by atoms with Gasteiger partial charge in [-0.1, -0.05) is 12.1 Å². The molecule has 0 spiro atoms. The van der Waals surface area contributed by atoms with Crippen molar-refractivity contribution in [1.82, 2.24) is 9.78 Å². The lowest BCUT2D eigenvalue weighted by Crippen LogP contribution is -2.41. The van der Waals surface area contributed by atoms with E-state index in [9.17, 15) is 8.78 Å². The number of halogens is 2. The topological polar surface area (TPSA) is 36.3 Å². The highest BCUT2D eigenvalue weighted by Crippen LogP contribution is 2.36. The molecule has 1 fully saturated rings. The molecular weight excluding hydrogens is 277 g/mol. The Labute approximate surface area is 122 Å². The number of nitrogens with zero attached hydrogens (tertiary/aromatic N) is 2. The zero-order chi connectivity index (χ0) is 15.4. The maximum Gasteiger partial charge on any atom is 0.494 e. The minimum atomic E-state index is -2.67. The normalized spacial score (nSPS) is 20.6. The number of alkyl halides is 2. The summed E-state index contributed by atoms with van der Waals surface area (Å²) in [6.07, 6.45) is 1.43. The van der Waals surface area contributed by atoms with E-state index in [-0.39, 0.29) is 0 Å². The minimum absolute atomic E-state index is 0.372. The average molecular weight is 294 g/mol. The predicted molar refractivity (Wildman–Crippen MR) is 76.7 cm³/mol. The summed E-state index contributed by atoms with van der Waals surface area (Å²) < 4.78 is 38.4. The maximum atomic E-state index is 12.9. The van der Waals surface area contributed by atoms with Gasteiger partial charge >= 0.3 is 13.7 Å². The molecule has 112 valence electrons. The fourth-order valence-corrected chi connectivity index (χ4v) is 2.34. The highest BCUT2D eigenvalue weighted by Gasteiger charge is 2.51. The molecular formula is C14H17BF2N2O2. The van der Waals surface area contributed by atoms with Gasteiger partial charge in [0.1, 0.15) is 0 Å². The molecule has 3 rings (SSSR count). The number of hydrogen-bond acceptors (Lipinski definition) is 3. The number of hydrogen-bond donors (Lipinski definition) is 0. The largest absolute Gasteiger partial charge is 0.494 e. The van der Waals surface area contributed by atoms with Crippen molar-refractivity contribution in [1.29, 1.82) is 0 Å². The van der Waals surface area contributed by atoms with Crippen LogP contribution in [-0.2, 0) is 9.31 Å². The molecule has 0 atom stereocenters. The number of aromatic nitrogens is 2. The first kappa shape index (κ1) is 14.5. The number of rotatable bonds is 2. The van der Waals surface area contributed by atoms with Crippen LogP contribution in [0.5, 0.6) is 0 Å². The van der Waals surface area contributed by atoms with Gasteiger partial charge in [0.2, 0.25) is 0 Å². The highest BCUT2D eigenvalue weighted by atomic mass is 19.3. The third-order valence-electron chi connectivity index (χ3n) is 4.33. The molecule has 0 radical (unpaired) electrons. The second-order valence-corrected chi connectivity index (χ2v) is 6.27. The molecule has 0 N–H and O–H groups in total. The second-order valence-electron chi connectivity index (χ2n) is 6.27. The lowest BCUT2D eigenvalue weighted by Gasteiger charge is -2.32. The summed E-state index contributed by atoms with van der Waals surface area (Å²) in [5.41, 5.74) is 0.159. The van der Waals surface area contributed by atoms with Gasteiger partial charge in [-0.15, -0.1) is 0 Å². The quantitative estimate of drug-likeness (QED) is 0.799. The van der Waals surface area contributed by atoms with Gasteiger partial charge in [-0.05, 0) is 39.2 Å². The molecule has 2 aromatic rings. The van der Waals surface area contributed by atoms with Gasteiger partial charge in [0.05, 0.1) is 22.9 Å². The van der Waals surface area contributed by atoms with Crippen LogP contribution in [0.1, 0.15) is 34.2 Å². The van der Waals surface area contributed by atoms with Crippen LogP contribution in [0.2, 0.25) is 0 Å². The van der Waals surface area contributed by atoms with Gasteiger partial charge in [0.25, 0.3) is 0 Å². The van der Waals surface area contributed by atoms with Crippen LogP contribution in [0.25, 0.3) is 10.9 Å². The Hall–Kier alpha value is -1.47. The monoisotopic (exact) mass is 294 g/mol. The Morgan fingerprint density at radius 3 is 2.33 bits per heavy atom. The van der Waals surface area contributed by atoms with Crippen molar-refractivity contribution in [3.63, 3.8) is 0 Å². The van der Waals surface area contributed by atoms with E-state index < -0.39 is 24.9 Å². The molecule has 0 aliphatic carbocycles. The van der Waals surface area contributed by atoms with E-state index in [1.54, 1.807) is 12.1 Å². The molecule has 0 unspecified atom stereocenters. The lowest BCUT2D eigenvalue weighted by molar-refractivity contribution is 0.00578. The molecule has 0 amide bonds. The van der Waals surface area contributed by atoms with E-state index in [2.05, 4.69) is 5.10 Å². The first-order valence-corrected chi connectivity index (χ1v) is 6.82. The zero-order valence-electron chi connectivity index (χ0n) is 12.4. The summed E-state index contributed by atoms with van der Waals surface area (Å²) in [6.45, 7) is 5.14. The second kappa shape index (κ2) is 4.51. The highest BCUT2D eigenvalue weighted by molar-refractivity contribution is 6.62. The van der Waals surface area contributed by atoms with Gasteiger partial charge in [-0.2, -0.15) is 13.9 Å². The van der Waals surface area contributed by atoms with Crippen LogP contribution in [0.15, 0.2) is 24.4 Å². The lowest BCUT2D eigenvalue weighted by atomic mass is 9.79. The molecule has 1 aliphatic rings. The Balaban J connectivity index is 2.01. The fourth-order valence-electron chi connectivity index (χ4n) is 2.34. The van der Waals surface area contributed by atoms with Crippen LogP contribution in [0.4, 0.5) is 8.78 Å². The smallest absolute Gasteiger partial charge is 0.399 e. The first-order chi connectivity index (χ1) is 9.71. The third kappa shape index (κ3) is 2.24. The summed E-state index contributed by atoms with van der Waals surface area (Å²) in [5, 5.41) is 4.37. The summed E-state index contributed by atoms with van der Waals surface area (Å²) >= 11 is 0. The van der Waals surface area contributed by atoms with Crippen LogP contribution in [0, 0.1) is 0 Å². The van der Waals surface area contributed by atoms with E-state index >= 15 is 0 Å². The van der Waals surface area contributed by atoms with E-state index in [4.69, 9.17) is 9.31 Å². The molecule has 1 aromatic heterocycles. The fraction of sp³-hybridized carbons (Fsp3) is 0.500. The number of fused-ring (bicyclic) bond motifs is 1. The molecule has 2 heterocycles. The predicted octanol–water partition coefficient (Wildman–Crippen LogP) is 2.73. The van der Waals surface area contributed by atoms with E-state index in [1.165, 1.54) is 6.20 Å². The third-order valence-corrected chi connectivity index (χ3v) is 4.33. The Bertz CT molecular complexity index is 669. The molecule has 1 aliphatic heterocycles. The van der Waals surface area contributed by atoms with Gasteiger partial charge in [0.15, 0.2) is 0 Å². The van der Waals surface area contributed by atoms with Gasteiger partial charge in [0, 0.05) is 5.39 Å². The Morgan fingerprint density at radius 2 is 1.76 bits per heavy atom. The van der Waals surface area contributed by atoms with Crippen LogP contribution >= 0.6 is 0 Å². The molecule has 4 nitrogen and oxygen atoms in total. The van der Waals surface area contributed by atoms with Crippen molar-refractivity contribution in [2.24, 2.45) is 0 Å². The molecule has 1 aromatic carbocycles. The minimum Gasteiger partial charge on any atom is -0.399 e. The van der Waals surface area contributed by atoms with Gasteiger partial charge < -0.3 is 9.31 Å². The van der Waals surface area contributed by atoms with E-state index in [1.807, 2.05) is 33.8 Å². The molecule has 1 saturated heterocycles. The summed E-state index contributed by atoms with van der Waals surface area (Å²) in [7, 11) is -0.569. The molecule has 0 saturated carbocycles. The first-order valence-electron chi connectivity index (χ1n) is 6.82. The van der Waals surface area contributed by atoms with Gasteiger partial charge in [-0.3, -0.25) is 0 Å². The van der Waals surface area contributed by atoms with Crippen LogP contribution < -0.4 is 5.46 Å². The van der Waals surface area contributed by atoms with Crippen molar-refractivity contribution in [3.8, 4) is 0 Å². The van der Waals surface area contributed by atoms with Crippen LogP contribution in [-0.4, -0.2) is 28.1 Å². The molecule has 7 heteroatoms. The Morgan fingerprint density at radius 1 is 1.14 bits per heavy atom. The van der Waals surface area contributed by atoms with Crippen molar-refractivity contribution >= 4 is 23.5 Å². The summed E-state index contributed by atoms with van der Waals surface area (Å²) in [5.74, 6) is 0. The summed E-state index contributed by atoms with van der Waals surface area (Å²) in [6, 6.07) is 5.22. The molecule has 0 bridgehead atoms. The Kier molecular flexibility index (Phi) is 3.11. The van der Waals surface area contributed by atoms with Crippen molar-refractivity contribution in [2.75, 3.05) is 0 Å². The number of benzene rings is 1. The zero-order valence-corrected chi connectivity index (χ0v) is 12.4. The molecule has 21 heavy (non-hydrogen) atoms. The van der Waals surface area contributed by atoms with Crippen molar-refractivity contribution in [2.45, 2.75) is 45.4 Å². The van der Waals surface area contributed by atoms with Crippen molar-refractivity contribution < 1.29 is 18.1 Å². The van der Waals surface area contributed by atoms with Crippen molar-refractivity contribution in [3.05, 3.63) is 24.4 Å². The van der Waals surface area contributed by atoms with Gasteiger partial charge in [-0.25, -0.2) is 4.68 Å². The van der Waals surface area contributed by atoms with E-state index in [0.29, 0.717) is 21.0 Å². The SMILES string of the molecule is CC1(C)OB(c2ccc3cnn(C(F)F)c3c2)OC1(C)C. The maximum absolute atomic E-state index is 12.9. The standard InChI is InChI=1S/C14H17BF2N2O2/c1-13(2)14(3,4)21-15(20-13)10-6-5-9-8-18-19(12(16)17)11(9)7-10/h5-8,12H,1-4H3. The average Bonchev–Trinajstić information content (AvgIpc) is 2.87. The van der Waals surface area contributed by atoms with E-state index in [0.717, 1.165) is 0 Å². The van der Waals surface area contributed by atoms with Crippen LogP contribution in [0.3, 0.4) is 0 Å². The summed E-state index contributed by atoms with van der Waals surface area (Å²) in [4.78, 5) is 0.